The number of esters is 4. The van der Waals surface area contributed by atoms with Crippen molar-refractivity contribution in [2.24, 2.45) is 11.8 Å². The number of aliphatic hydroxyl groups is 1. The maximum absolute atomic E-state index is 13.1. The van der Waals surface area contributed by atoms with Crippen molar-refractivity contribution >= 4 is 39.5 Å². The van der Waals surface area contributed by atoms with Gasteiger partial charge in [0.05, 0.1) is 26.4 Å². The molecule has 0 saturated heterocycles. The van der Waals surface area contributed by atoms with Gasteiger partial charge in [0.15, 0.2) is 12.2 Å². The predicted molar refractivity (Wildman–Crippen MR) is 423 cm³/mol. The smallest absolute Gasteiger partial charge is 0.462 e. The molecule has 0 saturated carbocycles. The Morgan fingerprint density at radius 2 is 0.447 bits per heavy atom. The maximum atomic E-state index is 13.1. The Morgan fingerprint density at radius 3 is 0.660 bits per heavy atom. The van der Waals surface area contributed by atoms with Gasteiger partial charge >= 0.3 is 39.5 Å². The Morgan fingerprint density at radius 1 is 0.262 bits per heavy atom. The Balaban J connectivity index is 5.21. The number of phosphoric acid groups is 2. The summed E-state index contributed by atoms with van der Waals surface area (Å²) in [5.74, 6) is -0.512. The van der Waals surface area contributed by atoms with Gasteiger partial charge in [-0.25, -0.2) is 9.13 Å². The van der Waals surface area contributed by atoms with Gasteiger partial charge in [0.1, 0.15) is 19.3 Å². The Kier molecular flexibility index (Phi) is 74.1. The second-order valence-electron chi connectivity index (χ2n) is 31.2. The van der Waals surface area contributed by atoms with Gasteiger partial charge in [-0.3, -0.25) is 37.3 Å². The first-order valence-electron chi connectivity index (χ1n) is 43.5. The van der Waals surface area contributed by atoms with E-state index in [9.17, 15) is 43.2 Å². The van der Waals surface area contributed by atoms with Crippen molar-refractivity contribution in [3.8, 4) is 0 Å². The molecule has 0 aromatic rings. The highest BCUT2D eigenvalue weighted by Crippen LogP contribution is 2.45. The molecule has 0 aliphatic rings. The summed E-state index contributed by atoms with van der Waals surface area (Å²) in [6, 6.07) is 0. The summed E-state index contributed by atoms with van der Waals surface area (Å²) in [5.41, 5.74) is 0. The van der Waals surface area contributed by atoms with Gasteiger partial charge in [0, 0.05) is 25.7 Å². The van der Waals surface area contributed by atoms with Gasteiger partial charge in [0.25, 0.3) is 0 Å². The largest absolute Gasteiger partial charge is 0.472 e. The Bertz CT molecular complexity index is 1980. The van der Waals surface area contributed by atoms with Crippen molar-refractivity contribution in [1.82, 2.24) is 0 Å². The average molecular weight is 1510 g/mol. The third-order valence-electron chi connectivity index (χ3n) is 19.7. The minimum atomic E-state index is -4.96. The second kappa shape index (κ2) is 75.5. The van der Waals surface area contributed by atoms with Gasteiger partial charge in [-0.2, -0.15) is 0 Å². The standard InChI is InChI=1S/C84H164O17P2/c1-7-9-11-13-15-17-18-19-20-21-22-23-24-27-33-38-44-50-56-62-68-83(88)101-80(73-95-82(87)67-61-55-49-43-37-32-28-25-26-30-35-41-46-52-58-64-76(3)4)75-99-103(92,93)97-71-78(85)70-96-102(90,91)98-74-79(72-94-81(86)66-60-54-48-40-16-14-12-10-8-2)100-84(89)69-63-57-51-45-39-34-29-31-36-42-47-53-59-65-77(5)6/h76-80,85H,7-75H2,1-6H3,(H,90,91)(H,92,93)/t78-,79+,80+/m0/s1. The number of carbonyl (C=O) groups excluding carboxylic acids is 4. The van der Waals surface area contributed by atoms with Crippen LogP contribution in [0.2, 0.25) is 0 Å². The monoisotopic (exact) mass is 1510 g/mol. The fourth-order valence-corrected chi connectivity index (χ4v) is 14.6. The van der Waals surface area contributed by atoms with Crippen LogP contribution in [0.15, 0.2) is 0 Å². The minimum Gasteiger partial charge on any atom is -0.462 e. The molecule has 0 spiro atoms. The van der Waals surface area contributed by atoms with E-state index < -0.39 is 97.5 Å². The first-order chi connectivity index (χ1) is 49.9. The van der Waals surface area contributed by atoms with E-state index in [1.807, 2.05) is 0 Å². The van der Waals surface area contributed by atoms with Gasteiger partial charge in [-0.05, 0) is 37.5 Å². The fraction of sp³-hybridized carbons (Fsp3) is 0.952. The predicted octanol–water partition coefficient (Wildman–Crippen LogP) is 25.5. The van der Waals surface area contributed by atoms with E-state index in [1.54, 1.807) is 0 Å². The number of ether oxygens (including phenoxy) is 4. The summed E-state index contributed by atoms with van der Waals surface area (Å²) < 4.78 is 68.8. The molecule has 0 aliphatic heterocycles. The molecule has 5 atom stereocenters. The SMILES string of the molecule is CCCCCCCCCCCCCCCCCCCCCCC(=O)O[C@H](COC(=O)CCCCCCCCCCCCCCCCCC(C)C)COP(=O)(O)OC[C@@H](O)COP(=O)(O)OC[C@@H](COC(=O)CCCCCCCCCCC)OC(=O)CCCCCCCCCCCCCCCC(C)C. The lowest BCUT2D eigenvalue weighted by molar-refractivity contribution is -0.161. The number of carbonyl (C=O) groups is 4. The quantitative estimate of drug-likeness (QED) is 0.0222. The van der Waals surface area contributed by atoms with Crippen LogP contribution in [0, 0.1) is 11.8 Å². The van der Waals surface area contributed by atoms with E-state index in [2.05, 4.69) is 41.5 Å². The molecule has 0 aromatic carbocycles. The summed E-state index contributed by atoms with van der Waals surface area (Å²) in [4.78, 5) is 73.1. The molecule has 3 N–H and O–H groups in total. The molecule has 2 unspecified atom stereocenters. The molecule has 103 heavy (non-hydrogen) atoms. The summed E-state index contributed by atoms with van der Waals surface area (Å²) in [6.07, 6.45) is 66.7. The lowest BCUT2D eigenvalue weighted by Gasteiger charge is -2.21. The van der Waals surface area contributed by atoms with Crippen LogP contribution in [0.1, 0.15) is 446 Å². The molecular weight excluding hydrogens is 1340 g/mol. The lowest BCUT2D eigenvalue weighted by atomic mass is 10.0. The van der Waals surface area contributed by atoms with E-state index in [1.165, 1.54) is 263 Å². The number of rotatable bonds is 83. The van der Waals surface area contributed by atoms with E-state index in [0.29, 0.717) is 25.7 Å². The molecule has 0 bridgehead atoms. The molecule has 0 aliphatic carbocycles. The first kappa shape index (κ1) is 101. The van der Waals surface area contributed by atoms with Crippen molar-refractivity contribution in [2.75, 3.05) is 39.6 Å². The topological polar surface area (TPSA) is 237 Å². The zero-order chi connectivity index (χ0) is 75.6. The number of unbranched alkanes of at least 4 members (excludes halogenated alkanes) is 53. The van der Waals surface area contributed by atoms with Crippen molar-refractivity contribution in [3.63, 3.8) is 0 Å². The van der Waals surface area contributed by atoms with Crippen LogP contribution in [-0.4, -0.2) is 96.7 Å². The maximum Gasteiger partial charge on any atom is 0.472 e. The first-order valence-corrected chi connectivity index (χ1v) is 46.5. The highest BCUT2D eigenvalue weighted by atomic mass is 31.2. The van der Waals surface area contributed by atoms with Crippen LogP contribution in [0.4, 0.5) is 0 Å². The summed E-state index contributed by atoms with van der Waals surface area (Å²) in [6.45, 7) is 9.68. The Labute approximate surface area is 632 Å². The Hall–Kier alpha value is -1.94. The number of hydrogen-bond acceptors (Lipinski definition) is 15. The molecule has 19 heteroatoms. The van der Waals surface area contributed by atoms with Crippen molar-refractivity contribution in [3.05, 3.63) is 0 Å². The molecule has 0 rings (SSSR count). The van der Waals surface area contributed by atoms with Crippen molar-refractivity contribution < 1.29 is 80.2 Å². The van der Waals surface area contributed by atoms with E-state index in [4.69, 9.17) is 37.0 Å². The normalized spacial score (nSPS) is 13.9. The number of hydrogen-bond donors (Lipinski definition) is 3. The molecule has 0 fully saturated rings. The molecule has 17 nitrogen and oxygen atoms in total. The zero-order valence-electron chi connectivity index (χ0n) is 67.6. The van der Waals surface area contributed by atoms with E-state index in [-0.39, 0.29) is 25.7 Å². The lowest BCUT2D eigenvalue weighted by Crippen LogP contribution is -2.30. The molecule has 0 heterocycles. The van der Waals surface area contributed by atoms with Crippen LogP contribution in [0.5, 0.6) is 0 Å². The summed E-state index contributed by atoms with van der Waals surface area (Å²) in [5, 5.41) is 10.7. The van der Waals surface area contributed by atoms with E-state index >= 15 is 0 Å². The molecular formula is C84H164O17P2. The third kappa shape index (κ3) is 78.0. The fourth-order valence-electron chi connectivity index (χ4n) is 13.1. The number of phosphoric ester groups is 2. The number of aliphatic hydroxyl groups excluding tert-OH is 1. The summed E-state index contributed by atoms with van der Waals surface area (Å²) >= 11 is 0. The van der Waals surface area contributed by atoms with Crippen LogP contribution in [-0.2, 0) is 65.4 Å². The van der Waals surface area contributed by atoms with Crippen LogP contribution >= 0.6 is 15.6 Å². The zero-order valence-corrected chi connectivity index (χ0v) is 69.4. The molecule has 0 amide bonds. The average Bonchev–Trinajstić information content (AvgIpc) is 0.998. The molecule has 0 radical (unpaired) electrons. The van der Waals surface area contributed by atoms with Gasteiger partial charge in [-0.15, -0.1) is 0 Å². The summed E-state index contributed by atoms with van der Waals surface area (Å²) in [7, 11) is -9.92. The highest BCUT2D eigenvalue weighted by molar-refractivity contribution is 7.47. The van der Waals surface area contributed by atoms with Crippen molar-refractivity contribution in [2.45, 2.75) is 464 Å². The third-order valence-corrected chi connectivity index (χ3v) is 21.6. The minimum absolute atomic E-state index is 0.107. The van der Waals surface area contributed by atoms with Gasteiger partial charge < -0.3 is 33.8 Å². The van der Waals surface area contributed by atoms with Crippen LogP contribution in [0.25, 0.3) is 0 Å². The molecule has 612 valence electrons. The van der Waals surface area contributed by atoms with Crippen LogP contribution < -0.4 is 0 Å². The second-order valence-corrected chi connectivity index (χ2v) is 34.1. The highest BCUT2D eigenvalue weighted by Gasteiger charge is 2.30. The van der Waals surface area contributed by atoms with Gasteiger partial charge in [0.2, 0.25) is 0 Å². The van der Waals surface area contributed by atoms with Crippen LogP contribution in [0.3, 0.4) is 0 Å². The molecule has 0 aromatic heterocycles. The van der Waals surface area contributed by atoms with E-state index in [0.717, 1.165) is 102 Å². The van der Waals surface area contributed by atoms with Gasteiger partial charge in [-0.1, -0.05) is 395 Å². The van der Waals surface area contributed by atoms with Crippen molar-refractivity contribution in [1.29, 1.82) is 0 Å².